The summed E-state index contributed by atoms with van der Waals surface area (Å²) in [6.45, 7) is 0.158. The number of nitrogens with one attached hydrogen (secondary N) is 1. The average molecular weight is 477 g/mol. The van der Waals surface area contributed by atoms with Gasteiger partial charge in [-0.2, -0.15) is 0 Å². The SMILES string of the molecule is CC(=O)OCC1=C(C(=O)O)N2C(=O)[C@@H](NC(=O)C(=NOCC(=O)O)c3ccccc3)[C@H]2SC1. The Kier molecular flexibility index (Phi) is 7.33. The molecule has 3 rings (SSSR count). The van der Waals surface area contributed by atoms with E-state index in [1.165, 1.54) is 18.7 Å². The monoisotopic (exact) mass is 477 g/mol. The largest absolute Gasteiger partial charge is 0.479 e. The van der Waals surface area contributed by atoms with E-state index in [0.29, 0.717) is 5.56 Å². The summed E-state index contributed by atoms with van der Waals surface area (Å²) >= 11 is 1.21. The number of aliphatic carboxylic acids is 2. The zero-order valence-electron chi connectivity index (χ0n) is 17.2. The summed E-state index contributed by atoms with van der Waals surface area (Å²) in [4.78, 5) is 64.9. The molecule has 0 radical (unpaired) electrons. The summed E-state index contributed by atoms with van der Waals surface area (Å²) in [6, 6.07) is 7.05. The average Bonchev–Trinajstić information content (AvgIpc) is 2.78. The second-order valence-corrected chi connectivity index (χ2v) is 7.98. The van der Waals surface area contributed by atoms with E-state index in [1.807, 2.05) is 0 Å². The van der Waals surface area contributed by atoms with Gasteiger partial charge >= 0.3 is 17.9 Å². The van der Waals surface area contributed by atoms with E-state index in [-0.39, 0.29) is 29.3 Å². The van der Waals surface area contributed by atoms with Crippen LogP contribution >= 0.6 is 11.8 Å². The van der Waals surface area contributed by atoms with Crippen LogP contribution in [0.5, 0.6) is 0 Å². The summed E-state index contributed by atoms with van der Waals surface area (Å²) in [5, 5.41) is 23.8. The van der Waals surface area contributed by atoms with Gasteiger partial charge in [-0.25, -0.2) is 9.59 Å². The lowest BCUT2D eigenvalue weighted by Crippen LogP contribution is -2.71. The molecule has 0 saturated carbocycles. The quantitative estimate of drug-likeness (QED) is 0.187. The molecule has 3 N–H and O–H groups in total. The number of rotatable bonds is 9. The molecule has 1 aromatic carbocycles. The minimum absolute atomic E-state index is 0.178. The molecule has 2 amide bonds. The van der Waals surface area contributed by atoms with Crippen molar-refractivity contribution in [3.8, 4) is 0 Å². The van der Waals surface area contributed by atoms with Gasteiger partial charge < -0.3 is 25.1 Å². The molecule has 12 nitrogen and oxygen atoms in total. The topological polar surface area (TPSA) is 172 Å². The van der Waals surface area contributed by atoms with Crippen LogP contribution in [0.3, 0.4) is 0 Å². The molecule has 13 heteroatoms. The molecule has 2 aliphatic rings. The highest BCUT2D eigenvalue weighted by Gasteiger charge is 2.54. The molecule has 1 saturated heterocycles. The molecule has 1 aromatic rings. The molecule has 2 aliphatic heterocycles. The highest BCUT2D eigenvalue weighted by atomic mass is 32.2. The number of carbonyl (C=O) groups excluding carboxylic acids is 3. The van der Waals surface area contributed by atoms with Crippen molar-refractivity contribution in [1.82, 2.24) is 10.2 Å². The maximum Gasteiger partial charge on any atom is 0.352 e. The van der Waals surface area contributed by atoms with Crippen molar-refractivity contribution in [2.45, 2.75) is 18.3 Å². The van der Waals surface area contributed by atoms with Gasteiger partial charge in [0.15, 0.2) is 5.71 Å². The Bertz CT molecular complexity index is 1050. The molecule has 0 bridgehead atoms. The molecule has 2 atom stereocenters. The maximum atomic E-state index is 12.9. The number of hydrogen-bond donors (Lipinski definition) is 3. The fraction of sp³-hybridized carbons (Fsp3) is 0.300. The number of benzene rings is 1. The predicted octanol–water partition coefficient (Wildman–Crippen LogP) is -0.206. The lowest BCUT2D eigenvalue weighted by Gasteiger charge is -2.49. The molecule has 2 heterocycles. The first-order chi connectivity index (χ1) is 15.7. The molecule has 0 spiro atoms. The van der Waals surface area contributed by atoms with Gasteiger partial charge in [0.25, 0.3) is 11.8 Å². The summed E-state index contributed by atoms with van der Waals surface area (Å²) in [6.07, 6.45) is 0. The lowest BCUT2D eigenvalue weighted by atomic mass is 10.0. The van der Waals surface area contributed by atoms with Crippen LogP contribution in [-0.2, 0) is 33.5 Å². The number of carbonyl (C=O) groups is 5. The third-order valence-electron chi connectivity index (χ3n) is 4.59. The first-order valence-corrected chi connectivity index (χ1v) is 10.6. The lowest BCUT2D eigenvalue weighted by molar-refractivity contribution is -0.150. The highest BCUT2D eigenvalue weighted by Crippen LogP contribution is 2.40. The third kappa shape index (κ3) is 5.31. The van der Waals surface area contributed by atoms with Gasteiger partial charge in [0, 0.05) is 23.8 Å². The number of carboxylic acid groups (broad SMARTS) is 2. The molecular weight excluding hydrogens is 458 g/mol. The molecule has 33 heavy (non-hydrogen) atoms. The van der Waals surface area contributed by atoms with Crippen LogP contribution in [0, 0.1) is 0 Å². The van der Waals surface area contributed by atoms with Crippen molar-refractivity contribution in [3.63, 3.8) is 0 Å². The number of carboxylic acids is 2. The number of fused-ring (bicyclic) bond motifs is 1. The number of thioether (sulfide) groups is 1. The van der Waals surface area contributed by atoms with Gasteiger partial charge in [0.05, 0.1) is 0 Å². The van der Waals surface area contributed by atoms with Crippen molar-refractivity contribution < 1.29 is 43.8 Å². The number of oxime groups is 1. The van der Waals surface area contributed by atoms with Crippen LogP contribution in [0.1, 0.15) is 12.5 Å². The molecule has 0 aromatic heterocycles. The number of esters is 1. The number of amides is 2. The fourth-order valence-corrected chi connectivity index (χ4v) is 4.49. The van der Waals surface area contributed by atoms with E-state index < -0.39 is 47.7 Å². The van der Waals surface area contributed by atoms with Gasteiger partial charge in [-0.15, -0.1) is 11.8 Å². The Morgan fingerprint density at radius 1 is 1.21 bits per heavy atom. The van der Waals surface area contributed by atoms with Gasteiger partial charge in [0.1, 0.15) is 23.7 Å². The van der Waals surface area contributed by atoms with E-state index >= 15 is 0 Å². The van der Waals surface area contributed by atoms with Crippen LogP contribution in [-0.4, -0.2) is 80.9 Å². The Morgan fingerprint density at radius 3 is 2.52 bits per heavy atom. The van der Waals surface area contributed by atoms with Crippen molar-refractivity contribution in [2.75, 3.05) is 19.0 Å². The molecule has 1 fully saturated rings. The normalized spacial score (nSPS) is 19.8. The smallest absolute Gasteiger partial charge is 0.352 e. The first kappa shape index (κ1) is 23.8. The minimum atomic E-state index is -1.35. The van der Waals surface area contributed by atoms with Crippen molar-refractivity contribution in [3.05, 3.63) is 47.2 Å². The first-order valence-electron chi connectivity index (χ1n) is 9.52. The molecular formula is C20H19N3O9S. The zero-order valence-corrected chi connectivity index (χ0v) is 18.0. The van der Waals surface area contributed by atoms with Gasteiger partial charge in [-0.3, -0.25) is 19.3 Å². The van der Waals surface area contributed by atoms with Gasteiger partial charge in [-0.1, -0.05) is 35.5 Å². The zero-order chi connectivity index (χ0) is 24.1. The van der Waals surface area contributed by atoms with E-state index in [2.05, 4.69) is 10.5 Å². The second kappa shape index (κ2) is 10.2. The maximum absolute atomic E-state index is 12.9. The van der Waals surface area contributed by atoms with E-state index in [4.69, 9.17) is 14.7 Å². The number of nitrogens with zero attached hydrogens (tertiary/aromatic N) is 2. The minimum Gasteiger partial charge on any atom is -0.479 e. The van der Waals surface area contributed by atoms with Crippen LogP contribution in [0.15, 0.2) is 46.8 Å². The Morgan fingerprint density at radius 2 is 1.91 bits per heavy atom. The van der Waals surface area contributed by atoms with Crippen LogP contribution in [0.2, 0.25) is 0 Å². The Balaban J connectivity index is 1.78. The fourth-order valence-electron chi connectivity index (χ4n) is 3.17. The van der Waals surface area contributed by atoms with E-state index in [0.717, 1.165) is 4.90 Å². The molecule has 174 valence electrons. The van der Waals surface area contributed by atoms with Crippen LogP contribution in [0.25, 0.3) is 0 Å². The Labute approximate surface area is 191 Å². The summed E-state index contributed by atoms with van der Waals surface area (Å²) in [5.41, 5.74) is 0.0754. The van der Waals surface area contributed by atoms with Crippen LogP contribution < -0.4 is 5.32 Å². The van der Waals surface area contributed by atoms with Crippen molar-refractivity contribution in [2.24, 2.45) is 5.16 Å². The second-order valence-electron chi connectivity index (χ2n) is 6.87. The van der Waals surface area contributed by atoms with Gasteiger partial charge in [0.2, 0.25) is 6.61 Å². The van der Waals surface area contributed by atoms with Crippen molar-refractivity contribution >= 4 is 47.2 Å². The third-order valence-corrected chi connectivity index (χ3v) is 5.93. The van der Waals surface area contributed by atoms with Crippen LogP contribution in [0.4, 0.5) is 0 Å². The molecule has 0 aliphatic carbocycles. The van der Waals surface area contributed by atoms with E-state index in [1.54, 1.807) is 30.3 Å². The Hall–Kier alpha value is -3.87. The predicted molar refractivity (Wildman–Crippen MR) is 113 cm³/mol. The molecule has 0 unspecified atom stereocenters. The summed E-state index contributed by atoms with van der Waals surface area (Å²) in [7, 11) is 0. The summed E-state index contributed by atoms with van der Waals surface area (Å²) in [5.74, 6) is -4.50. The van der Waals surface area contributed by atoms with Crippen molar-refractivity contribution in [1.29, 1.82) is 0 Å². The van der Waals surface area contributed by atoms with Gasteiger partial charge in [-0.05, 0) is 0 Å². The number of hydrogen-bond acceptors (Lipinski definition) is 9. The highest BCUT2D eigenvalue weighted by molar-refractivity contribution is 8.00. The number of ether oxygens (including phenoxy) is 1. The number of β-lactam (4-membered cyclic amide) rings is 1. The standard InChI is InChI=1S/C20H19N3O9S/c1-10(24)31-7-12-9-33-19-15(18(28)23(19)16(12)20(29)30)21-17(27)14(22-32-8-13(25)26)11-5-3-2-4-6-11/h2-6,15,19H,7-9H2,1H3,(H,21,27)(H,25,26)(H,29,30)/t15-,19-/m1/s1. The summed E-state index contributed by atoms with van der Waals surface area (Å²) < 4.78 is 4.88. The van der Waals surface area contributed by atoms with E-state index in [9.17, 15) is 29.1 Å².